The number of carbonyl (C=O) groups excluding carboxylic acids is 1. The Labute approximate surface area is 93.4 Å². The predicted octanol–water partition coefficient (Wildman–Crippen LogP) is 1.28. The van der Waals surface area contributed by atoms with Crippen LogP contribution in [0.4, 0.5) is 4.79 Å². The van der Waals surface area contributed by atoms with E-state index in [1.54, 1.807) is 14.1 Å². The van der Waals surface area contributed by atoms with Crippen LogP contribution in [0.3, 0.4) is 0 Å². The fraction of sp³-hybridized carbons (Fsp3) is 0.909. The summed E-state index contributed by atoms with van der Waals surface area (Å²) in [6, 6.07) is -0.0346. The summed E-state index contributed by atoms with van der Waals surface area (Å²) in [4.78, 5) is 12.7. The highest BCUT2D eigenvalue weighted by atomic mass is 16.2. The summed E-state index contributed by atoms with van der Waals surface area (Å²) >= 11 is 0. The molecule has 0 aromatic heterocycles. The quantitative estimate of drug-likeness (QED) is 0.679. The molecule has 0 saturated heterocycles. The van der Waals surface area contributed by atoms with E-state index < -0.39 is 0 Å². The third-order valence-electron chi connectivity index (χ3n) is 2.04. The molecule has 0 atom stereocenters. The molecule has 0 rings (SSSR count). The molecule has 0 spiro atoms. The first-order valence-electron chi connectivity index (χ1n) is 5.49. The highest BCUT2D eigenvalue weighted by Crippen LogP contribution is 2.16. The zero-order chi connectivity index (χ0) is 11.9. The Hall–Kier alpha value is -0.770. The number of hydrogen-bond donors (Lipinski definition) is 2. The number of amides is 2. The summed E-state index contributed by atoms with van der Waals surface area (Å²) in [6.45, 7) is 9.19. The van der Waals surface area contributed by atoms with Crippen molar-refractivity contribution < 1.29 is 4.79 Å². The molecule has 0 aliphatic rings. The van der Waals surface area contributed by atoms with Crippen molar-refractivity contribution in [3.63, 3.8) is 0 Å². The van der Waals surface area contributed by atoms with Gasteiger partial charge in [-0.2, -0.15) is 0 Å². The van der Waals surface area contributed by atoms with Crippen molar-refractivity contribution in [2.75, 3.05) is 33.7 Å². The number of rotatable bonds is 5. The van der Waals surface area contributed by atoms with Crippen LogP contribution in [0, 0.1) is 5.41 Å². The Morgan fingerprint density at radius 2 is 1.73 bits per heavy atom. The van der Waals surface area contributed by atoms with E-state index in [1.807, 2.05) is 0 Å². The molecule has 4 heteroatoms. The summed E-state index contributed by atoms with van der Waals surface area (Å²) in [5.41, 5.74) is 0.375. The summed E-state index contributed by atoms with van der Waals surface area (Å²) in [6.07, 6.45) is 1.15. The maximum absolute atomic E-state index is 11.1. The van der Waals surface area contributed by atoms with E-state index in [1.165, 1.54) is 4.90 Å². The highest BCUT2D eigenvalue weighted by molar-refractivity contribution is 5.73. The zero-order valence-electron chi connectivity index (χ0n) is 10.7. The van der Waals surface area contributed by atoms with Crippen LogP contribution in [0.1, 0.15) is 27.2 Å². The van der Waals surface area contributed by atoms with E-state index >= 15 is 0 Å². The summed E-state index contributed by atoms with van der Waals surface area (Å²) in [5, 5.41) is 6.11. The van der Waals surface area contributed by atoms with Gasteiger partial charge in [0.05, 0.1) is 0 Å². The largest absolute Gasteiger partial charge is 0.337 e. The number of carbonyl (C=O) groups is 1. The average Bonchev–Trinajstić information content (AvgIpc) is 2.08. The Morgan fingerprint density at radius 1 is 1.13 bits per heavy atom. The molecule has 0 aromatic carbocycles. The topological polar surface area (TPSA) is 44.4 Å². The zero-order valence-corrected chi connectivity index (χ0v) is 10.7. The maximum atomic E-state index is 11.1. The monoisotopic (exact) mass is 215 g/mol. The molecule has 0 aromatic rings. The Bertz CT molecular complexity index is 185. The SMILES string of the molecule is CN(C)C(=O)NCCNCCC(C)(C)C. The summed E-state index contributed by atoms with van der Waals surface area (Å²) in [7, 11) is 3.48. The molecular formula is C11H25N3O. The van der Waals surface area contributed by atoms with Gasteiger partial charge in [-0.3, -0.25) is 0 Å². The van der Waals surface area contributed by atoms with Crippen molar-refractivity contribution in [1.82, 2.24) is 15.5 Å². The molecule has 0 aliphatic heterocycles. The fourth-order valence-electron chi connectivity index (χ4n) is 1.00. The fourth-order valence-corrected chi connectivity index (χ4v) is 1.00. The molecule has 0 saturated carbocycles. The van der Waals surface area contributed by atoms with Crippen molar-refractivity contribution in [3.05, 3.63) is 0 Å². The van der Waals surface area contributed by atoms with Crippen LogP contribution in [0.2, 0.25) is 0 Å². The minimum Gasteiger partial charge on any atom is -0.337 e. The molecule has 2 N–H and O–H groups in total. The molecule has 0 bridgehead atoms. The van der Waals surface area contributed by atoms with E-state index in [-0.39, 0.29) is 6.03 Å². The van der Waals surface area contributed by atoms with Crippen LogP contribution < -0.4 is 10.6 Å². The second-order valence-electron chi connectivity index (χ2n) is 5.19. The Kier molecular flexibility index (Phi) is 6.32. The lowest BCUT2D eigenvalue weighted by atomic mass is 9.92. The number of nitrogens with one attached hydrogen (secondary N) is 2. The third kappa shape index (κ3) is 9.53. The van der Waals surface area contributed by atoms with Gasteiger partial charge in [0.25, 0.3) is 0 Å². The van der Waals surface area contributed by atoms with Crippen LogP contribution in [0.5, 0.6) is 0 Å². The van der Waals surface area contributed by atoms with Crippen LogP contribution in [-0.4, -0.2) is 44.7 Å². The van der Waals surface area contributed by atoms with Gasteiger partial charge in [0.2, 0.25) is 0 Å². The maximum Gasteiger partial charge on any atom is 0.316 e. The van der Waals surface area contributed by atoms with E-state index in [0.29, 0.717) is 12.0 Å². The molecule has 0 radical (unpaired) electrons. The normalized spacial score (nSPS) is 11.3. The highest BCUT2D eigenvalue weighted by Gasteiger charge is 2.08. The van der Waals surface area contributed by atoms with Crippen molar-refractivity contribution in [3.8, 4) is 0 Å². The van der Waals surface area contributed by atoms with Gasteiger partial charge in [-0.1, -0.05) is 20.8 Å². The second-order valence-corrected chi connectivity index (χ2v) is 5.19. The molecule has 15 heavy (non-hydrogen) atoms. The predicted molar refractivity (Wildman–Crippen MR) is 64.0 cm³/mol. The molecule has 90 valence electrons. The first kappa shape index (κ1) is 14.2. The van der Waals surface area contributed by atoms with Gasteiger partial charge < -0.3 is 15.5 Å². The van der Waals surface area contributed by atoms with Crippen molar-refractivity contribution in [2.24, 2.45) is 5.41 Å². The summed E-state index contributed by atoms with van der Waals surface area (Å²) in [5.74, 6) is 0. The minimum absolute atomic E-state index is 0.0346. The third-order valence-corrected chi connectivity index (χ3v) is 2.04. The summed E-state index contributed by atoms with van der Waals surface area (Å²) < 4.78 is 0. The van der Waals surface area contributed by atoms with Gasteiger partial charge in [0, 0.05) is 27.2 Å². The smallest absolute Gasteiger partial charge is 0.316 e. The number of urea groups is 1. The number of hydrogen-bond acceptors (Lipinski definition) is 2. The molecule has 0 fully saturated rings. The molecule has 4 nitrogen and oxygen atoms in total. The molecular weight excluding hydrogens is 190 g/mol. The van der Waals surface area contributed by atoms with Crippen molar-refractivity contribution >= 4 is 6.03 Å². The van der Waals surface area contributed by atoms with Gasteiger partial charge >= 0.3 is 6.03 Å². The first-order chi connectivity index (χ1) is 6.83. The van der Waals surface area contributed by atoms with E-state index in [2.05, 4.69) is 31.4 Å². The molecule has 0 heterocycles. The average molecular weight is 215 g/mol. The standard InChI is InChI=1S/C11H25N3O/c1-11(2,3)6-7-12-8-9-13-10(15)14(4)5/h12H,6-9H2,1-5H3,(H,13,15). The van der Waals surface area contributed by atoms with E-state index in [9.17, 15) is 4.79 Å². The van der Waals surface area contributed by atoms with Crippen LogP contribution in [0.25, 0.3) is 0 Å². The molecule has 2 amide bonds. The van der Waals surface area contributed by atoms with Crippen molar-refractivity contribution in [1.29, 1.82) is 0 Å². The molecule has 0 unspecified atom stereocenters. The minimum atomic E-state index is -0.0346. The van der Waals surface area contributed by atoms with Gasteiger partial charge in [-0.15, -0.1) is 0 Å². The van der Waals surface area contributed by atoms with Gasteiger partial charge in [0.15, 0.2) is 0 Å². The van der Waals surface area contributed by atoms with Crippen LogP contribution >= 0.6 is 0 Å². The van der Waals surface area contributed by atoms with Gasteiger partial charge in [-0.25, -0.2) is 4.79 Å². The van der Waals surface area contributed by atoms with Gasteiger partial charge in [-0.05, 0) is 18.4 Å². The Balaban J connectivity index is 3.30. The van der Waals surface area contributed by atoms with E-state index in [0.717, 1.165) is 19.5 Å². The van der Waals surface area contributed by atoms with Crippen LogP contribution in [-0.2, 0) is 0 Å². The van der Waals surface area contributed by atoms with Crippen molar-refractivity contribution in [2.45, 2.75) is 27.2 Å². The van der Waals surface area contributed by atoms with E-state index in [4.69, 9.17) is 0 Å². The first-order valence-corrected chi connectivity index (χ1v) is 5.49. The van der Waals surface area contributed by atoms with Gasteiger partial charge in [0.1, 0.15) is 0 Å². The van der Waals surface area contributed by atoms with Crippen LogP contribution in [0.15, 0.2) is 0 Å². The Morgan fingerprint density at radius 3 is 2.20 bits per heavy atom. The lowest BCUT2D eigenvalue weighted by molar-refractivity contribution is 0.217. The lowest BCUT2D eigenvalue weighted by Crippen LogP contribution is -2.38. The lowest BCUT2D eigenvalue weighted by Gasteiger charge is -2.18. The number of nitrogens with zero attached hydrogens (tertiary/aromatic N) is 1. The second kappa shape index (κ2) is 6.67. The molecule has 0 aliphatic carbocycles.